The lowest BCUT2D eigenvalue weighted by molar-refractivity contribution is 0.0116. The topological polar surface area (TPSA) is 27.7 Å². The molecule has 3 nitrogen and oxygen atoms in total. The molecule has 3 aromatic rings. The molecule has 0 unspecified atom stereocenters. The van der Waals surface area contributed by atoms with Crippen molar-refractivity contribution in [3.05, 3.63) is 82.9 Å². The maximum Gasteiger partial charge on any atom is 0.200 e. The van der Waals surface area contributed by atoms with Crippen LogP contribution in [0.15, 0.2) is 48.5 Å². The first-order valence-electron chi connectivity index (χ1n) is 13.3. The molecule has 0 saturated heterocycles. The highest BCUT2D eigenvalue weighted by Gasteiger charge is 2.27. The average Bonchev–Trinajstić information content (AvgIpc) is 2.93. The van der Waals surface area contributed by atoms with Crippen LogP contribution < -0.4 is 9.47 Å². The summed E-state index contributed by atoms with van der Waals surface area (Å²) < 4.78 is 75.2. The van der Waals surface area contributed by atoms with Crippen molar-refractivity contribution in [3.8, 4) is 22.6 Å². The normalized spacial score (nSPS) is 17.4. The minimum absolute atomic E-state index is 0.0649. The summed E-state index contributed by atoms with van der Waals surface area (Å²) in [6.45, 7) is 4.58. The molecule has 0 amide bonds. The van der Waals surface area contributed by atoms with Crippen LogP contribution in [0.3, 0.4) is 0 Å². The summed E-state index contributed by atoms with van der Waals surface area (Å²) in [6.07, 6.45) is 4.30. The minimum atomic E-state index is -1.02. The Labute approximate surface area is 221 Å². The van der Waals surface area contributed by atoms with Gasteiger partial charge in [0.2, 0.25) is 5.82 Å². The van der Waals surface area contributed by atoms with E-state index in [2.05, 4.69) is 6.92 Å². The van der Waals surface area contributed by atoms with Crippen LogP contribution in [-0.4, -0.2) is 19.3 Å². The molecule has 1 aliphatic rings. The zero-order valence-electron chi connectivity index (χ0n) is 21.9. The number of benzene rings is 3. The molecule has 3 aromatic carbocycles. The van der Waals surface area contributed by atoms with Crippen LogP contribution >= 0.6 is 0 Å². The van der Waals surface area contributed by atoms with Gasteiger partial charge in [-0.15, -0.1) is 0 Å². The van der Waals surface area contributed by atoms with Crippen LogP contribution in [0, 0.1) is 23.3 Å². The van der Waals surface area contributed by atoms with Crippen molar-refractivity contribution in [2.45, 2.75) is 71.0 Å². The standard InChI is InChI=1S/C31H34F4O3/c1-3-5-18-37-23-11-6-20(7-12-23)25-15-16-26(30(34)29(25)33)21-8-13-24(14-9-21)38-19-22-10-17-27(36-4-2)31(35)28(22)32/h6-7,10-12,15-17,21,24H,3-5,8-9,13-14,18-19H2,1-2H3. The van der Waals surface area contributed by atoms with E-state index >= 15 is 8.78 Å². The quantitative estimate of drug-likeness (QED) is 0.183. The van der Waals surface area contributed by atoms with Crippen LogP contribution in [-0.2, 0) is 11.3 Å². The first-order chi connectivity index (χ1) is 18.4. The summed E-state index contributed by atoms with van der Waals surface area (Å²) in [5.74, 6) is -3.21. The average molecular weight is 531 g/mol. The molecular weight excluding hydrogens is 496 g/mol. The van der Waals surface area contributed by atoms with Crippen LogP contribution in [0.5, 0.6) is 11.5 Å². The van der Waals surface area contributed by atoms with Gasteiger partial charge >= 0.3 is 0 Å². The van der Waals surface area contributed by atoms with Crippen LogP contribution in [0.25, 0.3) is 11.1 Å². The first kappa shape index (κ1) is 28.0. The predicted octanol–water partition coefficient (Wildman–Crippen LogP) is 8.73. The Morgan fingerprint density at radius 3 is 2.16 bits per heavy atom. The Kier molecular flexibility index (Phi) is 9.67. The molecule has 4 rings (SSSR count). The van der Waals surface area contributed by atoms with Gasteiger partial charge in [-0.25, -0.2) is 13.2 Å². The van der Waals surface area contributed by atoms with E-state index in [1.54, 1.807) is 43.3 Å². The molecule has 38 heavy (non-hydrogen) atoms. The lowest BCUT2D eigenvalue weighted by Gasteiger charge is -2.29. The third kappa shape index (κ3) is 6.49. The summed E-state index contributed by atoms with van der Waals surface area (Å²) >= 11 is 0. The van der Waals surface area contributed by atoms with Crippen molar-refractivity contribution in [2.24, 2.45) is 0 Å². The number of hydrogen-bond donors (Lipinski definition) is 0. The Bertz CT molecular complexity index is 1200. The van der Waals surface area contributed by atoms with Crippen molar-refractivity contribution in [3.63, 3.8) is 0 Å². The largest absolute Gasteiger partial charge is 0.494 e. The van der Waals surface area contributed by atoms with Gasteiger partial charge in [-0.1, -0.05) is 37.6 Å². The second-order valence-electron chi connectivity index (χ2n) is 9.63. The van der Waals surface area contributed by atoms with E-state index in [1.165, 1.54) is 12.1 Å². The molecule has 0 heterocycles. The van der Waals surface area contributed by atoms with Gasteiger partial charge in [0.05, 0.1) is 25.9 Å². The summed E-state index contributed by atoms with van der Waals surface area (Å²) in [7, 11) is 0. The summed E-state index contributed by atoms with van der Waals surface area (Å²) in [4.78, 5) is 0. The van der Waals surface area contributed by atoms with Gasteiger partial charge in [-0.3, -0.25) is 0 Å². The van der Waals surface area contributed by atoms with Crippen LogP contribution in [0.4, 0.5) is 17.6 Å². The van der Waals surface area contributed by atoms with Gasteiger partial charge in [0.1, 0.15) is 5.75 Å². The molecule has 0 aliphatic heterocycles. The van der Waals surface area contributed by atoms with Crippen molar-refractivity contribution in [1.29, 1.82) is 0 Å². The van der Waals surface area contributed by atoms with E-state index in [1.807, 2.05) is 0 Å². The highest BCUT2D eigenvalue weighted by Crippen LogP contribution is 2.38. The third-order valence-electron chi connectivity index (χ3n) is 7.06. The second kappa shape index (κ2) is 13.1. The van der Waals surface area contributed by atoms with Gasteiger partial charge in [0, 0.05) is 11.1 Å². The van der Waals surface area contributed by atoms with Crippen molar-refractivity contribution >= 4 is 0 Å². The molecule has 1 saturated carbocycles. The minimum Gasteiger partial charge on any atom is -0.494 e. The lowest BCUT2D eigenvalue weighted by atomic mass is 9.82. The molecule has 7 heteroatoms. The molecular formula is C31H34F4O3. The fraction of sp³-hybridized carbons (Fsp3) is 0.419. The molecule has 1 aliphatic carbocycles. The Morgan fingerprint density at radius 2 is 1.47 bits per heavy atom. The fourth-order valence-corrected chi connectivity index (χ4v) is 4.87. The van der Waals surface area contributed by atoms with E-state index in [9.17, 15) is 8.78 Å². The molecule has 0 bridgehead atoms. The van der Waals surface area contributed by atoms with E-state index in [0.29, 0.717) is 49.2 Å². The second-order valence-corrected chi connectivity index (χ2v) is 9.63. The summed E-state index contributed by atoms with van der Waals surface area (Å²) in [6, 6.07) is 13.2. The van der Waals surface area contributed by atoms with E-state index < -0.39 is 23.3 Å². The summed E-state index contributed by atoms with van der Waals surface area (Å²) in [5, 5.41) is 0. The Morgan fingerprint density at radius 1 is 0.737 bits per heavy atom. The maximum atomic E-state index is 15.1. The van der Waals surface area contributed by atoms with Crippen molar-refractivity contribution in [1.82, 2.24) is 0 Å². The number of rotatable bonds is 11. The molecule has 0 N–H and O–H groups in total. The maximum absolute atomic E-state index is 15.1. The Hall–Kier alpha value is -3.06. The van der Waals surface area contributed by atoms with Crippen molar-refractivity contribution in [2.75, 3.05) is 13.2 Å². The molecule has 204 valence electrons. The van der Waals surface area contributed by atoms with Gasteiger partial charge in [-0.2, -0.15) is 4.39 Å². The van der Waals surface area contributed by atoms with Gasteiger partial charge < -0.3 is 14.2 Å². The highest BCUT2D eigenvalue weighted by molar-refractivity contribution is 5.65. The van der Waals surface area contributed by atoms with Crippen LogP contribution in [0.1, 0.15) is 69.4 Å². The molecule has 0 radical (unpaired) electrons. The lowest BCUT2D eigenvalue weighted by Crippen LogP contribution is -2.21. The SMILES string of the molecule is CCCCOc1ccc(-c2ccc(C3CCC(OCc4ccc(OCC)c(F)c4F)CC3)c(F)c2F)cc1. The van der Waals surface area contributed by atoms with Crippen molar-refractivity contribution < 1.29 is 31.8 Å². The molecule has 0 atom stereocenters. The molecule has 1 fully saturated rings. The van der Waals surface area contributed by atoms with E-state index in [-0.39, 0.29) is 42.1 Å². The first-order valence-corrected chi connectivity index (χ1v) is 13.3. The Balaban J connectivity index is 1.34. The number of unbranched alkanes of at least 4 members (excludes halogenated alkanes) is 1. The molecule has 0 spiro atoms. The predicted molar refractivity (Wildman–Crippen MR) is 140 cm³/mol. The fourth-order valence-electron chi connectivity index (χ4n) is 4.87. The van der Waals surface area contributed by atoms with Gasteiger partial charge in [0.15, 0.2) is 23.2 Å². The zero-order valence-corrected chi connectivity index (χ0v) is 21.9. The highest BCUT2D eigenvalue weighted by atomic mass is 19.2. The number of ether oxygens (including phenoxy) is 3. The summed E-state index contributed by atoms with van der Waals surface area (Å²) in [5.41, 5.74) is 1.29. The number of hydrogen-bond acceptors (Lipinski definition) is 3. The molecule has 0 aromatic heterocycles. The van der Waals surface area contributed by atoms with Gasteiger partial charge in [-0.05, 0) is 80.3 Å². The van der Waals surface area contributed by atoms with E-state index in [4.69, 9.17) is 14.2 Å². The van der Waals surface area contributed by atoms with Gasteiger partial charge in [0.25, 0.3) is 0 Å². The monoisotopic (exact) mass is 530 g/mol. The van der Waals surface area contributed by atoms with Crippen LogP contribution in [0.2, 0.25) is 0 Å². The number of halogens is 4. The van der Waals surface area contributed by atoms with E-state index in [0.717, 1.165) is 12.8 Å². The third-order valence-corrected chi connectivity index (χ3v) is 7.06. The smallest absolute Gasteiger partial charge is 0.200 e. The zero-order chi connectivity index (χ0) is 27.1.